The third-order valence-electron chi connectivity index (χ3n) is 3.67. The summed E-state index contributed by atoms with van der Waals surface area (Å²) in [6, 6.07) is 0.291. The number of likely N-dealkylation sites (tertiary alicyclic amines) is 1. The molecule has 1 atom stereocenters. The van der Waals surface area contributed by atoms with Gasteiger partial charge in [0, 0.05) is 31.1 Å². The largest absolute Gasteiger partial charge is 0.340 e. The molecule has 0 saturated carbocycles. The summed E-state index contributed by atoms with van der Waals surface area (Å²) in [6.07, 6.45) is 3.82. The van der Waals surface area contributed by atoms with Crippen LogP contribution in [0.2, 0.25) is 0 Å². The van der Waals surface area contributed by atoms with E-state index in [0.29, 0.717) is 36.0 Å². The summed E-state index contributed by atoms with van der Waals surface area (Å²) in [7, 11) is 0. The van der Waals surface area contributed by atoms with Gasteiger partial charge in [-0.1, -0.05) is 5.16 Å². The molecule has 2 N–H and O–H groups in total. The van der Waals surface area contributed by atoms with Crippen molar-refractivity contribution in [3.05, 3.63) is 23.3 Å². The number of anilines is 1. The van der Waals surface area contributed by atoms with Crippen LogP contribution in [-0.2, 0) is 11.3 Å². The Balaban J connectivity index is 1.42. The SMILES string of the molecule is Cc1nc(CN2CCC[C@@H](NCC(=O)Nc3nccs3)C2)no1. The third-order valence-corrected chi connectivity index (χ3v) is 4.36. The smallest absolute Gasteiger partial charge is 0.240 e. The molecule has 23 heavy (non-hydrogen) atoms. The van der Waals surface area contributed by atoms with Crippen LogP contribution in [0.3, 0.4) is 0 Å². The van der Waals surface area contributed by atoms with Crippen molar-refractivity contribution in [2.45, 2.75) is 32.4 Å². The highest BCUT2D eigenvalue weighted by atomic mass is 32.1. The van der Waals surface area contributed by atoms with Crippen molar-refractivity contribution < 1.29 is 9.32 Å². The molecule has 1 saturated heterocycles. The second kappa shape index (κ2) is 7.62. The van der Waals surface area contributed by atoms with Crippen LogP contribution in [-0.4, -0.2) is 51.6 Å². The summed E-state index contributed by atoms with van der Waals surface area (Å²) in [6.45, 7) is 4.65. The fraction of sp³-hybridized carbons (Fsp3) is 0.571. The van der Waals surface area contributed by atoms with Crippen LogP contribution in [0.5, 0.6) is 0 Å². The van der Waals surface area contributed by atoms with Gasteiger partial charge in [0.05, 0.1) is 13.1 Å². The van der Waals surface area contributed by atoms with Crippen LogP contribution in [0.1, 0.15) is 24.6 Å². The zero-order chi connectivity index (χ0) is 16.1. The van der Waals surface area contributed by atoms with E-state index in [0.717, 1.165) is 25.9 Å². The Morgan fingerprint density at radius 2 is 2.48 bits per heavy atom. The minimum atomic E-state index is -0.0640. The van der Waals surface area contributed by atoms with Crippen LogP contribution in [0.4, 0.5) is 5.13 Å². The fourth-order valence-electron chi connectivity index (χ4n) is 2.66. The number of thiazole rings is 1. The number of rotatable bonds is 6. The molecule has 0 bridgehead atoms. The zero-order valence-corrected chi connectivity index (χ0v) is 13.8. The highest BCUT2D eigenvalue weighted by Gasteiger charge is 2.21. The summed E-state index contributed by atoms with van der Waals surface area (Å²) in [5.74, 6) is 1.24. The van der Waals surface area contributed by atoms with Crippen molar-refractivity contribution >= 4 is 22.4 Å². The molecule has 3 heterocycles. The normalized spacial score (nSPS) is 18.9. The summed E-state index contributed by atoms with van der Waals surface area (Å²) in [5.41, 5.74) is 0. The summed E-state index contributed by atoms with van der Waals surface area (Å²) in [4.78, 5) is 22.4. The number of carbonyl (C=O) groups excluding carboxylic acids is 1. The van der Waals surface area contributed by atoms with Crippen LogP contribution in [0, 0.1) is 6.92 Å². The highest BCUT2D eigenvalue weighted by Crippen LogP contribution is 2.13. The van der Waals surface area contributed by atoms with Gasteiger partial charge in [-0.2, -0.15) is 4.98 Å². The molecule has 0 radical (unpaired) electrons. The maximum atomic E-state index is 11.9. The van der Waals surface area contributed by atoms with Crippen molar-refractivity contribution in [1.29, 1.82) is 0 Å². The molecule has 3 rings (SSSR count). The van der Waals surface area contributed by atoms with E-state index in [2.05, 4.69) is 30.7 Å². The van der Waals surface area contributed by atoms with Gasteiger partial charge in [-0.3, -0.25) is 9.69 Å². The van der Waals surface area contributed by atoms with Crippen LogP contribution in [0.25, 0.3) is 0 Å². The Hall–Kier alpha value is -1.84. The van der Waals surface area contributed by atoms with Gasteiger partial charge in [0.25, 0.3) is 0 Å². The molecule has 1 aliphatic heterocycles. The lowest BCUT2D eigenvalue weighted by Crippen LogP contribution is -2.47. The van der Waals surface area contributed by atoms with E-state index in [1.165, 1.54) is 11.3 Å². The van der Waals surface area contributed by atoms with Crippen LogP contribution in [0.15, 0.2) is 16.1 Å². The zero-order valence-electron chi connectivity index (χ0n) is 13.0. The average Bonchev–Trinajstić information content (AvgIpc) is 3.18. The van der Waals surface area contributed by atoms with Crippen molar-refractivity contribution in [3.8, 4) is 0 Å². The Morgan fingerprint density at radius 1 is 1.57 bits per heavy atom. The lowest BCUT2D eigenvalue weighted by atomic mass is 10.1. The lowest BCUT2D eigenvalue weighted by Gasteiger charge is -2.32. The van der Waals surface area contributed by atoms with Gasteiger partial charge in [0.1, 0.15) is 0 Å². The first-order valence-electron chi connectivity index (χ1n) is 7.63. The lowest BCUT2D eigenvalue weighted by molar-refractivity contribution is -0.115. The molecule has 0 aromatic carbocycles. The molecule has 0 unspecified atom stereocenters. The van der Waals surface area contributed by atoms with Crippen LogP contribution >= 0.6 is 11.3 Å². The molecule has 0 aliphatic carbocycles. The minimum Gasteiger partial charge on any atom is -0.340 e. The van der Waals surface area contributed by atoms with E-state index in [4.69, 9.17) is 4.52 Å². The molecule has 9 heteroatoms. The van der Waals surface area contributed by atoms with Crippen molar-refractivity contribution in [1.82, 2.24) is 25.3 Å². The van der Waals surface area contributed by atoms with E-state index in [1.807, 2.05) is 5.38 Å². The number of carbonyl (C=O) groups is 1. The maximum Gasteiger partial charge on any atom is 0.240 e. The summed E-state index contributed by atoms with van der Waals surface area (Å²) in [5, 5.41) is 12.5. The fourth-order valence-corrected chi connectivity index (χ4v) is 3.20. The molecule has 1 aliphatic rings. The first-order chi connectivity index (χ1) is 11.2. The second-order valence-electron chi connectivity index (χ2n) is 5.57. The van der Waals surface area contributed by atoms with Crippen molar-refractivity contribution in [3.63, 3.8) is 0 Å². The van der Waals surface area contributed by atoms with E-state index < -0.39 is 0 Å². The number of hydrogen-bond donors (Lipinski definition) is 2. The topological polar surface area (TPSA) is 96.2 Å². The summed E-state index contributed by atoms with van der Waals surface area (Å²) >= 11 is 1.41. The molecular weight excluding hydrogens is 316 g/mol. The molecule has 2 aromatic rings. The van der Waals surface area contributed by atoms with E-state index >= 15 is 0 Å². The number of nitrogens with one attached hydrogen (secondary N) is 2. The third kappa shape index (κ3) is 4.81. The summed E-state index contributed by atoms with van der Waals surface area (Å²) < 4.78 is 5.00. The van der Waals surface area contributed by atoms with E-state index in [1.54, 1.807) is 13.1 Å². The monoisotopic (exact) mass is 336 g/mol. The predicted molar refractivity (Wildman–Crippen MR) is 86.1 cm³/mol. The highest BCUT2D eigenvalue weighted by molar-refractivity contribution is 7.13. The number of nitrogens with zero attached hydrogens (tertiary/aromatic N) is 4. The average molecular weight is 336 g/mol. The molecule has 0 spiro atoms. The Labute approximate surface area is 138 Å². The first kappa shape index (κ1) is 16.0. The minimum absolute atomic E-state index is 0.0640. The molecule has 8 nitrogen and oxygen atoms in total. The van der Waals surface area contributed by atoms with Crippen molar-refractivity contribution in [2.24, 2.45) is 0 Å². The number of aryl methyl sites for hydroxylation is 1. The quantitative estimate of drug-likeness (QED) is 0.813. The maximum absolute atomic E-state index is 11.9. The van der Waals surface area contributed by atoms with Gasteiger partial charge in [-0.25, -0.2) is 4.98 Å². The van der Waals surface area contributed by atoms with Gasteiger partial charge in [0.15, 0.2) is 11.0 Å². The molecule has 1 amide bonds. The second-order valence-corrected chi connectivity index (χ2v) is 6.46. The number of hydrogen-bond acceptors (Lipinski definition) is 8. The Morgan fingerprint density at radius 3 is 3.22 bits per heavy atom. The Kier molecular flexibility index (Phi) is 5.31. The van der Waals surface area contributed by atoms with Gasteiger partial charge in [-0.15, -0.1) is 11.3 Å². The molecule has 1 fully saturated rings. The van der Waals surface area contributed by atoms with Crippen molar-refractivity contribution in [2.75, 3.05) is 25.0 Å². The molecular formula is C14H20N6O2S. The van der Waals surface area contributed by atoms with Gasteiger partial charge >= 0.3 is 0 Å². The standard InChI is InChI=1S/C14H20N6O2S/c1-10-17-12(19-22-10)9-20-5-2-3-11(8-20)16-7-13(21)18-14-15-4-6-23-14/h4,6,11,16H,2-3,5,7-9H2,1H3,(H,15,18,21)/t11-/m1/s1. The number of aromatic nitrogens is 3. The van der Waals surface area contributed by atoms with Gasteiger partial charge in [-0.05, 0) is 19.4 Å². The van der Waals surface area contributed by atoms with Gasteiger partial charge < -0.3 is 15.2 Å². The van der Waals surface area contributed by atoms with Gasteiger partial charge in [0.2, 0.25) is 11.8 Å². The predicted octanol–water partition coefficient (Wildman–Crippen LogP) is 1.03. The van der Waals surface area contributed by atoms with Crippen LogP contribution < -0.4 is 10.6 Å². The number of piperidine rings is 1. The van der Waals surface area contributed by atoms with E-state index in [-0.39, 0.29) is 5.91 Å². The molecule has 2 aromatic heterocycles. The number of amides is 1. The van der Waals surface area contributed by atoms with E-state index in [9.17, 15) is 4.79 Å². The molecule has 124 valence electrons. The Bertz CT molecular complexity index is 629. The first-order valence-corrected chi connectivity index (χ1v) is 8.51.